The van der Waals surface area contributed by atoms with Gasteiger partial charge in [-0.15, -0.1) is 0 Å². The summed E-state index contributed by atoms with van der Waals surface area (Å²) in [5.41, 5.74) is 10.3. The van der Waals surface area contributed by atoms with Crippen molar-refractivity contribution in [1.29, 1.82) is 0 Å². The highest BCUT2D eigenvalue weighted by Gasteiger charge is 2.31. The fourth-order valence-corrected chi connectivity index (χ4v) is 5.76. The van der Waals surface area contributed by atoms with Gasteiger partial charge >= 0.3 is 0 Å². The molecule has 4 rings (SSSR count). The number of piperidine rings is 1. The molecule has 2 saturated heterocycles. The number of rotatable bonds is 7. The molecule has 0 aromatic heterocycles. The van der Waals surface area contributed by atoms with Gasteiger partial charge in [0.2, 0.25) is 0 Å². The molecule has 196 valence electrons. The Labute approximate surface area is 222 Å². The van der Waals surface area contributed by atoms with Gasteiger partial charge in [-0.05, 0) is 55.9 Å². The van der Waals surface area contributed by atoms with E-state index in [9.17, 15) is 4.79 Å². The van der Waals surface area contributed by atoms with E-state index in [0.29, 0.717) is 31.4 Å². The molecular weight excluding hydrogens is 522 g/mol. The van der Waals surface area contributed by atoms with Crippen LogP contribution in [0.3, 0.4) is 0 Å². The zero-order chi connectivity index (χ0) is 25.7. The summed E-state index contributed by atoms with van der Waals surface area (Å²) in [5.74, 6) is -0.0882. The van der Waals surface area contributed by atoms with Crippen molar-refractivity contribution in [3.8, 4) is 0 Å². The number of carbonyl (C=O) groups excluding carboxylic acids is 1. The second-order valence-electron chi connectivity index (χ2n) is 9.76. The van der Waals surface area contributed by atoms with Crippen LogP contribution in [0.15, 0.2) is 51.2 Å². The maximum atomic E-state index is 13.5. The van der Waals surface area contributed by atoms with Crippen molar-refractivity contribution in [2.24, 2.45) is 10.7 Å². The highest BCUT2D eigenvalue weighted by atomic mass is 79.9. The first-order chi connectivity index (χ1) is 17.4. The van der Waals surface area contributed by atoms with E-state index in [2.05, 4.69) is 55.9 Å². The molecule has 3 heterocycles. The van der Waals surface area contributed by atoms with Gasteiger partial charge in [-0.2, -0.15) is 0 Å². The highest BCUT2D eigenvalue weighted by Crippen LogP contribution is 2.29. The fraction of sp³-hybridized carbons (Fsp3) is 0.556. The minimum atomic E-state index is -0.0882. The number of fused-ring (bicyclic) bond motifs is 1. The zero-order valence-corrected chi connectivity index (χ0v) is 22.9. The van der Waals surface area contributed by atoms with Gasteiger partial charge in [0.15, 0.2) is 0 Å². The molecule has 1 amide bonds. The Morgan fingerprint density at radius 3 is 2.75 bits per heavy atom. The molecule has 8 nitrogen and oxygen atoms in total. The SMILES string of the molecule is C=C(/C(C)=C(\N=C/N)C(=O)N1CCC(N[C@@H]2CCOC[C@@H]2OC)CC1)N1CCc2ccc(Br)cc2C1. The molecule has 0 aliphatic carbocycles. The maximum absolute atomic E-state index is 13.5. The summed E-state index contributed by atoms with van der Waals surface area (Å²) in [6, 6.07) is 7.05. The van der Waals surface area contributed by atoms with Crippen molar-refractivity contribution in [2.45, 2.75) is 57.3 Å². The number of benzene rings is 1. The van der Waals surface area contributed by atoms with Crippen LogP contribution in [0.25, 0.3) is 0 Å². The second-order valence-corrected chi connectivity index (χ2v) is 10.7. The number of aliphatic imine (C=N–C) groups is 1. The third-order valence-corrected chi connectivity index (χ3v) is 8.09. The number of nitrogens with two attached hydrogens (primary N) is 1. The van der Waals surface area contributed by atoms with Crippen LogP contribution in [-0.4, -0.2) is 80.2 Å². The largest absolute Gasteiger partial charge is 0.390 e. The van der Waals surface area contributed by atoms with Crippen LogP contribution in [0.1, 0.15) is 37.3 Å². The molecule has 1 aromatic rings. The van der Waals surface area contributed by atoms with Gasteiger partial charge < -0.3 is 30.3 Å². The highest BCUT2D eigenvalue weighted by molar-refractivity contribution is 9.10. The third kappa shape index (κ3) is 6.19. The topological polar surface area (TPSA) is 92.4 Å². The number of nitrogens with one attached hydrogen (secondary N) is 1. The minimum absolute atomic E-state index is 0.0726. The molecule has 2 atom stereocenters. The molecule has 3 aliphatic rings. The average Bonchev–Trinajstić information content (AvgIpc) is 2.91. The Bertz CT molecular complexity index is 1020. The first-order valence-electron chi connectivity index (χ1n) is 12.7. The lowest BCUT2D eigenvalue weighted by atomic mass is 9.98. The summed E-state index contributed by atoms with van der Waals surface area (Å²) in [6.07, 6.45) is 4.93. The van der Waals surface area contributed by atoms with Crippen molar-refractivity contribution in [1.82, 2.24) is 15.1 Å². The van der Waals surface area contributed by atoms with Crippen LogP contribution in [0.4, 0.5) is 0 Å². The van der Waals surface area contributed by atoms with Crippen LogP contribution in [-0.2, 0) is 27.2 Å². The summed E-state index contributed by atoms with van der Waals surface area (Å²) in [6.45, 7) is 10.6. The van der Waals surface area contributed by atoms with Crippen LogP contribution in [0, 0.1) is 0 Å². The standard InChI is InChI=1S/C27H38BrN5O3/c1-18(19(2)33-10-6-20-4-5-22(28)14-21(20)15-33)26(30-17-29)27(34)32-11-7-23(8-12-32)31-24-9-13-36-16-25(24)35-3/h4-5,14,17,23-25,31H,2,6-13,15-16H2,1,3H3,(H2,29,30)/b26-18-/t24-,25+/m1/s1. The Hall–Kier alpha value is -2.20. The first kappa shape index (κ1) is 26.9. The van der Waals surface area contributed by atoms with Gasteiger partial charge in [0.1, 0.15) is 5.70 Å². The molecule has 0 bridgehead atoms. The lowest BCUT2D eigenvalue weighted by Crippen LogP contribution is -2.54. The molecule has 36 heavy (non-hydrogen) atoms. The predicted molar refractivity (Wildman–Crippen MR) is 146 cm³/mol. The Balaban J connectivity index is 1.40. The van der Waals surface area contributed by atoms with Gasteiger partial charge in [-0.1, -0.05) is 28.6 Å². The van der Waals surface area contributed by atoms with Gasteiger partial charge in [0.05, 0.1) is 19.0 Å². The minimum Gasteiger partial charge on any atom is -0.390 e. The van der Waals surface area contributed by atoms with E-state index in [1.54, 1.807) is 7.11 Å². The molecule has 0 unspecified atom stereocenters. The number of likely N-dealkylation sites (tertiary alicyclic amines) is 1. The zero-order valence-electron chi connectivity index (χ0n) is 21.3. The van der Waals surface area contributed by atoms with Crippen LogP contribution in [0.2, 0.25) is 0 Å². The lowest BCUT2D eigenvalue weighted by Gasteiger charge is -2.38. The molecule has 0 radical (unpaired) electrons. The number of allylic oxidation sites excluding steroid dienone is 1. The van der Waals surface area contributed by atoms with Gasteiger partial charge in [-0.3, -0.25) is 4.79 Å². The van der Waals surface area contributed by atoms with Crippen molar-refractivity contribution in [3.63, 3.8) is 0 Å². The number of nitrogens with zero attached hydrogens (tertiary/aromatic N) is 3. The number of methoxy groups -OCH3 is 1. The van der Waals surface area contributed by atoms with E-state index in [4.69, 9.17) is 15.2 Å². The molecule has 9 heteroatoms. The third-order valence-electron chi connectivity index (χ3n) is 7.60. The van der Waals surface area contributed by atoms with Gasteiger partial charge in [-0.25, -0.2) is 4.99 Å². The quantitative estimate of drug-likeness (QED) is 0.231. The van der Waals surface area contributed by atoms with Crippen LogP contribution >= 0.6 is 15.9 Å². The molecule has 2 fully saturated rings. The van der Waals surface area contributed by atoms with E-state index < -0.39 is 0 Å². The van der Waals surface area contributed by atoms with E-state index in [-0.39, 0.29) is 18.1 Å². The van der Waals surface area contributed by atoms with E-state index in [0.717, 1.165) is 61.1 Å². The monoisotopic (exact) mass is 559 g/mol. The molecular formula is C27H38BrN5O3. The average molecular weight is 561 g/mol. The number of carbonyl (C=O) groups is 1. The first-order valence-corrected chi connectivity index (χ1v) is 13.5. The molecule has 1 aromatic carbocycles. The summed E-state index contributed by atoms with van der Waals surface area (Å²) < 4.78 is 12.2. The Kier molecular flexibility index (Phi) is 9.22. The fourth-order valence-electron chi connectivity index (χ4n) is 5.35. The number of hydrogen-bond acceptors (Lipinski definition) is 6. The molecule has 3 aliphatic heterocycles. The normalized spacial score (nSPS) is 24.0. The number of halogens is 1. The van der Waals surface area contributed by atoms with E-state index in [1.165, 1.54) is 17.5 Å². The van der Waals surface area contributed by atoms with Gasteiger partial charge in [0, 0.05) is 67.7 Å². The summed E-state index contributed by atoms with van der Waals surface area (Å²) in [5, 5.41) is 3.74. The van der Waals surface area contributed by atoms with E-state index in [1.807, 2.05) is 11.8 Å². The van der Waals surface area contributed by atoms with Crippen molar-refractivity contribution < 1.29 is 14.3 Å². The number of amides is 1. The Morgan fingerprint density at radius 2 is 2.03 bits per heavy atom. The maximum Gasteiger partial charge on any atom is 0.272 e. The predicted octanol–water partition coefficient (Wildman–Crippen LogP) is 2.97. The van der Waals surface area contributed by atoms with Gasteiger partial charge in [0.25, 0.3) is 5.91 Å². The molecule has 0 saturated carbocycles. The van der Waals surface area contributed by atoms with Crippen molar-refractivity contribution in [2.75, 3.05) is 40.0 Å². The van der Waals surface area contributed by atoms with Crippen molar-refractivity contribution in [3.05, 3.63) is 57.3 Å². The molecule has 3 N–H and O–H groups in total. The number of ether oxygens (including phenoxy) is 2. The number of hydrogen-bond donors (Lipinski definition) is 2. The van der Waals surface area contributed by atoms with E-state index >= 15 is 0 Å². The summed E-state index contributed by atoms with van der Waals surface area (Å²) in [4.78, 5) is 21.9. The van der Waals surface area contributed by atoms with Crippen LogP contribution < -0.4 is 11.1 Å². The van der Waals surface area contributed by atoms with Crippen molar-refractivity contribution >= 4 is 28.2 Å². The summed E-state index contributed by atoms with van der Waals surface area (Å²) >= 11 is 3.57. The summed E-state index contributed by atoms with van der Waals surface area (Å²) in [7, 11) is 1.74. The molecule has 0 spiro atoms. The second kappa shape index (κ2) is 12.4. The lowest BCUT2D eigenvalue weighted by molar-refractivity contribution is -0.128. The smallest absolute Gasteiger partial charge is 0.272 e. The van der Waals surface area contributed by atoms with Crippen LogP contribution in [0.5, 0.6) is 0 Å². The Morgan fingerprint density at radius 1 is 1.25 bits per heavy atom.